The van der Waals surface area contributed by atoms with E-state index in [1.165, 1.54) is 25.7 Å². The number of carbonyl (C=O) groups excluding carboxylic acids is 1. The third-order valence-electron chi connectivity index (χ3n) is 4.55. The molecule has 23 heavy (non-hydrogen) atoms. The van der Waals surface area contributed by atoms with E-state index in [-0.39, 0.29) is 36.2 Å². The Hall–Kier alpha value is -1.17. The monoisotopic (exact) mass is 344 g/mol. The van der Waals surface area contributed by atoms with Crippen LogP contribution in [0.1, 0.15) is 37.7 Å². The van der Waals surface area contributed by atoms with E-state index < -0.39 is 6.04 Å². The number of benzene rings is 1. The van der Waals surface area contributed by atoms with Crippen LogP contribution in [-0.2, 0) is 14.9 Å². The molecule has 1 aliphatic rings. The highest BCUT2D eigenvalue weighted by molar-refractivity contribution is 5.85. The van der Waals surface area contributed by atoms with Crippen molar-refractivity contribution in [2.45, 2.75) is 43.6 Å². The Balaban J connectivity index is 0.00000264. The number of carbonyl (C=O) groups is 1. The normalized spacial score (nSPS) is 17.9. The number of rotatable bonds is 6. The van der Waals surface area contributed by atoms with Gasteiger partial charge in [-0.05, 0) is 30.5 Å². The van der Waals surface area contributed by atoms with Gasteiger partial charge >= 0.3 is 0 Å². The van der Waals surface area contributed by atoms with Gasteiger partial charge in [-0.1, -0.05) is 31.4 Å². The lowest BCUT2D eigenvalue weighted by molar-refractivity contribution is -0.123. The van der Waals surface area contributed by atoms with Crippen LogP contribution in [0.4, 0.5) is 4.39 Å². The minimum Gasteiger partial charge on any atom is -0.383 e. The van der Waals surface area contributed by atoms with Crippen molar-refractivity contribution < 1.29 is 13.9 Å². The fraction of sp³-hybridized carbons (Fsp3) is 0.588. The molecule has 1 fully saturated rings. The van der Waals surface area contributed by atoms with Crippen molar-refractivity contribution in [1.29, 1.82) is 0 Å². The minimum atomic E-state index is -0.654. The highest BCUT2D eigenvalue weighted by atomic mass is 35.5. The molecule has 0 heterocycles. The Morgan fingerprint density at radius 1 is 1.30 bits per heavy atom. The SMILES string of the molecule is COCC(N)C(=O)NCC1(c2ccc(F)cc2)CCCCC1.Cl. The molecule has 0 aliphatic heterocycles. The van der Waals surface area contributed by atoms with E-state index in [9.17, 15) is 9.18 Å². The second-order valence-corrected chi connectivity index (χ2v) is 6.13. The first-order valence-electron chi connectivity index (χ1n) is 7.86. The van der Waals surface area contributed by atoms with Gasteiger partial charge in [0.2, 0.25) is 5.91 Å². The molecule has 0 radical (unpaired) electrons. The summed E-state index contributed by atoms with van der Waals surface area (Å²) < 4.78 is 18.1. The number of halogens is 2. The first kappa shape index (κ1) is 19.9. The number of ether oxygens (including phenoxy) is 1. The summed E-state index contributed by atoms with van der Waals surface area (Å²) in [4.78, 5) is 12.0. The number of amides is 1. The summed E-state index contributed by atoms with van der Waals surface area (Å²) in [6.07, 6.45) is 5.45. The quantitative estimate of drug-likeness (QED) is 0.833. The van der Waals surface area contributed by atoms with Crippen molar-refractivity contribution >= 4 is 18.3 Å². The lowest BCUT2D eigenvalue weighted by Crippen LogP contribution is -2.49. The third kappa shape index (κ3) is 5.16. The zero-order chi connectivity index (χ0) is 16.0. The molecule has 0 bridgehead atoms. The lowest BCUT2D eigenvalue weighted by Gasteiger charge is -2.38. The fourth-order valence-corrected chi connectivity index (χ4v) is 3.24. The first-order chi connectivity index (χ1) is 10.6. The maximum absolute atomic E-state index is 13.2. The van der Waals surface area contributed by atoms with Gasteiger partial charge in [0.15, 0.2) is 0 Å². The highest BCUT2D eigenvalue weighted by Crippen LogP contribution is 2.39. The van der Waals surface area contributed by atoms with E-state index in [0.29, 0.717) is 6.54 Å². The van der Waals surface area contributed by atoms with Crippen LogP contribution in [0.15, 0.2) is 24.3 Å². The number of hydrogen-bond acceptors (Lipinski definition) is 3. The molecule has 4 nitrogen and oxygen atoms in total. The van der Waals surface area contributed by atoms with Crippen LogP contribution >= 0.6 is 12.4 Å². The molecular weight excluding hydrogens is 319 g/mol. The van der Waals surface area contributed by atoms with Gasteiger partial charge in [-0.25, -0.2) is 4.39 Å². The highest BCUT2D eigenvalue weighted by Gasteiger charge is 2.34. The molecule has 1 aromatic rings. The van der Waals surface area contributed by atoms with Gasteiger partial charge < -0.3 is 15.8 Å². The third-order valence-corrected chi connectivity index (χ3v) is 4.55. The molecule has 130 valence electrons. The van der Waals surface area contributed by atoms with Gasteiger partial charge in [-0.15, -0.1) is 12.4 Å². The number of nitrogens with two attached hydrogens (primary N) is 1. The van der Waals surface area contributed by atoms with Gasteiger partial charge in [0.1, 0.15) is 11.9 Å². The van der Waals surface area contributed by atoms with E-state index in [1.807, 2.05) is 12.1 Å². The molecule has 1 unspecified atom stereocenters. The largest absolute Gasteiger partial charge is 0.383 e. The standard InChI is InChI=1S/C17H25FN2O2.ClH/c1-22-11-15(19)16(21)20-12-17(9-3-2-4-10-17)13-5-7-14(18)8-6-13;/h5-8,15H,2-4,9-12,19H2,1H3,(H,20,21);1H. The van der Waals surface area contributed by atoms with Gasteiger partial charge in [0, 0.05) is 19.1 Å². The second kappa shape index (κ2) is 9.21. The summed E-state index contributed by atoms with van der Waals surface area (Å²) in [7, 11) is 1.52. The van der Waals surface area contributed by atoms with Crippen LogP contribution in [0.3, 0.4) is 0 Å². The average Bonchev–Trinajstić information content (AvgIpc) is 2.54. The number of hydrogen-bond donors (Lipinski definition) is 2. The maximum atomic E-state index is 13.2. The molecule has 0 aromatic heterocycles. The Kier molecular flexibility index (Phi) is 7.95. The molecule has 1 amide bonds. The summed E-state index contributed by atoms with van der Waals surface area (Å²) in [5.41, 5.74) is 6.73. The average molecular weight is 345 g/mol. The Labute approximate surface area is 143 Å². The molecular formula is C17H26ClFN2O2. The van der Waals surface area contributed by atoms with E-state index in [1.54, 1.807) is 0 Å². The minimum absolute atomic E-state index is 0. The van der Waals surface area contributed by atoms with Gasteiger partial charge in [-0.2, -0.15) is 0 Å². The van der Waals surface area contributed by atoms with E-state index in [4.69, 9.17) is 10.5 Å². The topological polar surface area (TPSA) is 64.3 Å². The Morgan fingerprint density at radius 2 is 1.91 bits per heavy atom. The predicted molar refractivity (Wildman–Crippen MR) is 91.3 cm³/mol. The van der Waals surface area contributed by atoms with E-state index >= 15 is 0 Å². The fourth-order valence-electron chi connectivity index (χ4n) is 3.24. The van der Waals surface area contributed by atoms with E-state index in [0.717, 1.165) is 31.2 Å². The summed E-state index contributed by atoms with van der Waals surface area (Å²) in [6, 6.07) is 6.00. The number of methoxy groups -OCH3 is 1. The molecule has 1 saturated carbocycles. The van der Waals surface area contributed by atoms with Crippen molar-refractivity contribution in [3.63, 3.8) is 0 Å². The van der Waals surface area contributed by atoms with Crippen molar-refractivity contribution in [1.82, 2.24) is 5.32 Å². The summed E-state index contributed by atoms with van der Waals surface area (Å²) in [5, 5.41) is 2.95. The zero-order valence-corrected chi connectivity index (χ0v) is 14.3. The molecule has 1 aromatic carbocycles. The molecule has 6 heteroatoms. The summed E-state index contributed by atoms with van der Waals surface area (Å²) in [5.74, 6) is -0.435. The molecule has 1 atom stereocenters. The van der Waals surface area contributed by atoms with Crippen LogP contribution in [0, 0.1) is 5.82 Å². The molecule has 2 rings (SSSR count). The van der Waals surface area contributed by atoms with Gasteiger partial charge in [-0.3, -0.25) is 4.79 Å². The van der Waals surface area contributed by atoms with Crippen molar-refractivity contribution in [3.8, 4) is 0 Å². The summed E-state index contributed by atoms with van der Waals surface area (Å²) in [6.45, 7) is 0.740. The first-order valence-corrected chi connectivity index (χ1v) is 7.86. The number of nitrogens with one attached hydrogen (secondary N) is 1. The Morgan fingerprint density at radius 3 is 2.48 bits per heavy atom. The maximum Gasteiger partial charge on any atom is 0.239 e. The van der Waals surface area contributed by atoms with E-state index in [2.05, 4.69) is 5.32 Å². The van der Waals surface area contributed by atoms with Crippen LogP contribution < -0.4 is 11.1 Å². The van der Waals surface area contributed by atoms with Gasteiger partial charge in [0.05, 0.1) is 6.61 Å². The van der Waals surface area contributed by atoms with Crippen LogP contribution in [-0.4, -0.2) is 32.2 Å². The predicted octanol–water partition coefficient (Wildman–Crippen LogP) is 2.54. The van der Waals surface area contributed by atoms with Crippen molar-refractivity contribution in [2.24, 2.45) is 5.73 Å². The van der Waals surface area contributed by atoms with Crippen molar-refractivity contribution in [3.05, 3.63) is 35.6 Å². The molecule has 3 N–H and O–H groups in total. The van der Waals surface area contributed by atoms with Crippen LogP contribution in [0.5, 0.6) is 0 Å². The second-order valence-electron chi connectivity index (χ2n) is 6.13. The van der Waals surface area contributed by atoms with Crippen LogP contribution in [0.2, 0.25) is 0 Å². The lowest BCUT2D eigenvalue weighted by atomic mass is 9.69. The molecule has 0 saturated heterocycles. The van der Waals surface area contributed by atoms with Crippen molar-refractivity contribution in [2.75, 3.05) is 20.3 Å². The summed E-state index contributed by atoms with van der Waals surface area (Å²) >= 11 is 0. The Bertz CT molecular complexity index is 490. The zero-order valence-electron chi connectivity index (χ0n) is 13.5. The smallest absolute Gasteiger partial charge is 0.239 e. The molecule has 0 spiro atoms. The van der Waals surface area contributed by atoms with Gasteiger partial charge in [0.25, 0.3) is 0 Å². The van der Waals surface area contributed by atoms with Crippen LogP contribution in [0.25, 0.3) is 0 Å². The molecule has 1 aliphatic carbocycles.